The Morgan fingerprint density at radius 3 is 2.58 bits per heavy atom. The lowest BCUT2D eigenvalue weighted by Gasteiger charge is -2.25. The van der Waals surface area contributed by atoms with E-state index in [1.165, 1.54) is 30.9 Å². The quantitative estimate of drug-likeness (QED) is 0.320. The van der Waals surface area contributed by atoms with Crippen LogP contribution in [0.4, 0.5) is 0 Å². The number of allylic oxidation sites excluding steroid dienone is 1. The molecule has 0 saturated heterocycles. The Bertz CT molecular complexity index is 1900. The summed E-state index contributed by atoms with van der Waals surface area (Å²) in [6, 6.07) is 11.9. The lowest BCUT2D eigenvalue weighted by molar-refractivity contribution is -0.136. The summed E-state index contributed by atoms with van der Waals surface area (Å²) in [7, 11) is 2.75. The van der Waals surface area contributed by atoms with Crippen LogP contribution < -0.4 is 19.6 Å². The van der Waals surface area contributed by atoms with E-state index < -0.39 is 23.5 Å². The molecule has 1 atom stereocenters. The topological polar surface area (TPSA) is 120 Å². The van der Waals surface area contributed by atoms with Gasteiger partial charge in [0.1, 0.15) is 23.3 Å². The third-order valence-electron chi connectivity index (χ3n) is 6.30. The molecule has 12 heteroatoms. The van der Waals surface area contributed by atoms with Gasteiger partial charge in [-0.1, -0.05) is 40.6 Å². The predicted octanol–water partition coefficient (Wildman–Crippen LogP) is 4.68. The monoisotopic (exact) mass is 598 g/mol. The summed E-state index contributed by atoms with van der Waals surface area (Å²) in [6.07, 6.45) is 1.57. The van der Waals surface area contributed by atoms with Crippen LogP contribution in [-0.4, -0.2) is 35.8 Å². The fourth-order valence-corrected chi connectivity index (χ4v) is 5.93. The molecule has 0 aliphatic carbocycles. The van der Waals surface area contributed by atoms with Gasteiger partial charge in [0, 0.05) is 22.2 Å². The predicted molar refractivity (Wildman–Crippen MR) is 150 cm³/mol. The number of furan rings is 1. The third kappa shape index (κ3) is 4.85. The van der Waals surface area contributed by atoms with E-state index in [0.29, 0.717) is 48.5 Å². The molecule has 0 bridgehead atoms. The molecule has 1 aliphatic heterocycles. The number of carbonyl (C=O) groups is 2. The molecular formula is C28H20Cl2N2O7S. The number of hydrogen-bond donors (Lipinski definition) is 1. The Hall–Kier alpha value is -4.12. The normalized spacial score (nSPS) is 15.0. The largest absolute Gasteiger partial charge is 0.496 e. The van der Waals surface area contributed by atoms with Crippen LogP contribution in [0.25, 0.3) is 17.4 Å². The van der Waals surface area contributed by atoms with Gasteiger partial charge in [-0.25, -0.2) is 14.6 Å². The number of methoxy groups -OCH3 is 2. The van der Waals surface area contributed by atoms with Crippen molar-refractivity contribution in [2.45, 2.75) is 13.0 Å². The van der Waals surface area contributed by atoms with Crippen LogP contribution in [0.5, 0.6) is 5.75 Å². The Labute approximate surface area is 240 Å². The summed E-state index contributed by atoms with van der Waals surface area (Å²) >= 11 is 13.5. The van der Waals surface area contributed by atoms with E-state index in [9.17, 15) is 19.5 Å². The molecule has 1 aliphatic rings. The molecule has 1 N–H and O–H groups in total. The maximum atomic E-state index is 13.8. The molecule has 0 unspecified atom stereocenters. The van der Waals surface area contributed by atoms with Crippen molar-refractivity contribution in [3.63, 3.8) is 0 Å². The Kier molecular flexibility index (Phi) is 7.41. The summed E-state index contributed by atoms with van der Waals surface area (Å²) in [5.41, 5.74) is 1.22. The van der Waals surface area contributed by atoms with Gasteiger partial charge >= 0.3 is 11.9 Å². The van der Waals surface area contributed by atoms with Crippen molar-refractivity contribution in [2.75, 3.05) is 14.2 Å². The van der Waals surface area contributed by atoms with Crippen molar-refractivity contribution in [2.24, 2.45) is 4.99 Å². The number of carboxylic acid groups (broad SMARTS) is 1. The third-order valence-corrected chi connectivity index (χ3v) is 7.83. The van der Waals surface area contributed by atoms with E-state index in [2.05, 4.69) is 4.99 Å². The van der Waals surface area contributed by atoms with Crippen LogP contribution in [0.3, 0.4) is 0 Å². The number of aromatic carboxylic acids is 1. The van der Waals surface area contributed by atoms with Crippen molar-refractivity contribution in [1.29, 1.82) is 0 Å². The molecule has 0 spiro atoms. The number of fused-ring (bicyclic) bond motifs is 1. The standard InChI is InChI=1S/C28H20Cl2N2O7S/c1-13-23(27(36)38-3)24(18-11-15(29)5-8-21(18)37-2)32-25(33)22(40-28(32)31-13)12-16-6-9-20(39-16)14-4-7-17(26(34)35)19(30)10-14/h4-12,24H,1-3H3,(H,34,35)/b22-12-/t24-/m0/s1. The average molecular weight is 599 g/mol. The molecule has 2 aromatic carbocycles. The molecule has 0 radical (unpaired) electrons. The fourth-order valence-electron chi connectivity index (χ4n) is 4.46. The molecule has 204 valence electrons. The highest BCUT2D eigenvalue weighted by Gasteiger charge is 2.35. The molecule has 4 aromatic rings. The SMILES string of the molecule is COC(=O)C1=C(C)N=c2s/c(=C\c3ccc(-c4ccc(C(=O)O)c(Cl)c4)o3)c(=O)n2[C@H]1c1cc(Cl)ccc1OC. The average Bonchev–Trinajstić information content (AvgIpc) is 3.51. The van der Waals surface area contributed by atoms with Crippen molar-refractivity contribution >= 4 is 52.6 Å². The molecule has 0 amide bonds. The summed E-state index contributed by atoms with van der Waals surface area (Å²) in [5.74, 6) is -0.525. The highest BCUT2D eigenvalue weighted by molar-refractivity contribution is 7.07. The molecule has 5 rings (SSSR count). The number of thiazole rings is 1. The lowest BCUT2D eigenvalue weighted by atomic mass is 9.95. The number of carbonyl (C=O) groups excluding carboxylic acids is 1. The zero-order chi connectivity index (χ0) is 28.7. The molecule has 40 heavy (non-hydrogen) atoms. The van der Waals surface area contributed by atoms with Gasteiger partial charge in [0.25, 0.3) is 5.56 Å². The molecular weight excluding hydrogens is 579 g/mol. The van der Waals surface area contributed by atoms with Gasteiger partial charge in [0.2, 0.25) is 0 Å². The number of nitrogens with zero attached hydrogens (tertiary/aromatic N) is 2. The first-order chi connectivity index (χ1) is 19.1. The van der Waals surface area contributed by atoms with Gasteiger partial charge in [0.05, 0.1) is 40.6 Å². The van der Waals surface area contributed by atoms with Crippen LogP contribution in [-0.2, 0) is 9.53 Å². The van der Waals surface area contributed by atoms with E-state index in [-0.39, 0.29) is 16.2 Å². The summed E-state index contributed by atoms with van der Waals surface area (Å²) in [4.78, 5) is 42.8. The van der Waals surface area contributed by atoms with Crippen LogP contribution in [0.15, 0.2) is 74.0 Å². The molecule has 2 aromatic heterocycles. The highest BCUT2D eigenvalue weighted by atomic mass is 35.5. The van der Waals surface area contributed by atoms with Gasteiger partial charge in [-0.15, -0.1) is 0 Å². The van der Waals surface area contributed by atoms with Gasteiger partial charge in [-0.05, 0) is 49.4 Å². The number of aromatic nitrogens is 1. The van der Waals surface area contributed by atoms with E-state index in [1.54, 1.807) is 49.4 Å². The number of hydrogen-bond acceptors (Lipinski definition) is 8. The molecule has 0 saturated carbocycles. The van der Waals surface area contributed by atoms with E-state index in [1.807, 2.05) is 0 Å². The number of rotatable bonds is 6. The number of halogens is 2. The van der Waals surface area contributed by atoms with Crippen molar-refractivity contribution in [3.8, 4) is 17.1 Å². The zero-order valence-corrected chi connectivity index (χ0v) is 23.6. The lowest BCUT2D eigenvalue weighted by Crippen LogP contribution is -2.40. The van der Waals surface area contributed by atoms with E-state index >= 15 is 0 Å². The first-order valence-electron chi connectivity index (χ1n) is 11.7. The van der Waals surface area contributed by atoms with Gasteiger partial charge in [0.15, 0.2) is 4.80 Å². The fraction of sp³-hybridized carbons (Fsp3) is 0.143. The first-order valence-corrected chi connectivity index (χ1v) is 13.3. The number of ether oxygens (including phenoxy) is 2. The Morgan fingerprint density at radius 1 is 1.12 bits per heavy atom. The van der Waals surface area contributed by atoms with Crippen LogP contribution in [0, 0.1) is 0 Å². The zero-order valence-electron chi connectivity index (χ0n) is 21.2. The molecule has 0 fully saturated rings. The van der Waals surface area contributed by atoms with Crippen LogP contribution in [0.2, 0.25) is 10.0 Å². The molecule has 3 heterocycles. The minimum atomic E-state index is -1.13. The van der Waals surface area contributed by atoms with Crippen molar-refractivity contribution in [1.82, 2.24) is 4.57 Å². The summed E-state index contributed by atoms with van der Waals surface area (Å²) in [6.45, 7) is 1.67. The van der Waals surface area contributed by atoms with Gasteiger partial charge in [-0.3, -0.25) is 9.36 Å². The van der Waals surface area contributed by atoms with Crippen LogP contribution in [0.1, 0.15) is 34.6 Å². The second kappa shape index (κ2) is 10.8. The Morgan fingerprint density at radius 2 is 1.90 bits per heavy atom. The minimum Gasteiger partial charge on any atom is -0.496 e. The van der Waals surface area contributed by atoms with Crippen molar-refractivity contribution < 1.29 is 28.6 Å². The minimum absolute atomic E-state index is 0.0224. The van der Waals surface area contributed by atoms with Crippen molar-refractivity contribution in [3.05, 3.63) is 106 Å². The summed E-state index contributed by atoms with van der Waals surface area (Å²) in [5, 5.41) is 9.68. The molecule has 9 nitrogen and oxygen atoms in total. The second-order valence-electron chi connectivity index (χ2n) is 8.66. The van der Waals surface area contributed by atoms with E-state index in [4.69, 9.17) is 37.1 Å². The van der Waals surface area contributed by atoms with E-state index in [0.717, 1.165) is 11.3 Å². The Balaban J connectivity index is 1.64. The highest BCUT2D eigenvalue weighted by Crippen LogP contribution is 2.37. The van der Waals surface area contributed by atoms with Crippen LogP contribution >= 0.6 is 34.5 Å². The maximum Gasteiger partial charge on any atom is 0.338 e. The maximum absolute atomic E-state index is 13.8. The second-order valence-corrected chi connectivity index (χ2v) is 10.5. The number of carboxylic acids is 1. The summed E-state index contributed by atoms with van der Waals surface area (Å²) < 4.78 is 18.2. The number of benzene rings is 2. The van der Waals surface area contributed by atoms with Gasteiger partial charge < -0.3 is 19.0 Å². The number of esters is 1. The first kappa shape index (κ1) is 27.4. The van der Waals surface area contributed by atoms with Gasteiger partial charge in [-0.2, -0.15) is 0 Å². The smallest absolute Gasteiger partial charge is 0.338 e.